The second kappa shape index (κ2) is 8.90. The molecule has 33 heavy (non-hydrogen) atoms. The molecule has 1 saturated heterocycles. The molecular formula is C24H29N7O2. The maximum Gasteiger partial charge on any atom is 0.262 e. The van der Waals surface area contributed by atoms with E-state index in [1.165, 1.54) is 6.92 Å². The second-order valence-corrected chi connectivity index (χ2v) is 8.88. The van der Waals surface area contributed by atoms with Gasteiger partial charge in [-0.15, -0.1) is 0 Å². The first-order chi connectivity index (χ1) is 16.0. The van der Waals surface area contributed by atoms with Crippen molar-refractivity contribution >= 4 is 34.1 Å². The summed E-state index contributed by atoms with van der Waals surface area (Å²) in [6, 6.07) is 1.99. The third-order valence-corrected chi connectivity index (χ3v) is 6.73. The molecule has 0 atom stereocenters. The second-order valence-electron chi connectivity index (χ2n) is 8.88. The summed E-state index contributed by atoms with van der Waals surface area (Å²) in [6.07, 6.45) is 9.29. The minimum absolute atomic E-state index is 0.104. The fraction of sp³-hybridized carbons (Fsp3) is 0.458. The number of ketones is 1. The Kier molecular flexibility index (Phi) is 5.80. The molecule has 4 heterocycles. The minimum Gasteiger partial charge on any atom is -0.353 e. The molecule has 5 rings (SSSR count). The van der Waals surface area contributed by atoms with Gasteiger partial charge in [0, 0.05) is 49.9 Å². The lowest BCUT2D eigenvalue weighted by molar-refractivity contribution is 0.101. The van der Waals surface area contributed by atoms with Crippen LogP contribution in [0.3, 0.4) is 0 Å². The third kappa shape index (κ3) is 4.08. The highest BCUT2D eigenvalue weighted by Crippen LogP contribution is 2.33. The number of nitrogens with one attached hydrogen (secondary N) is 2. The number of Topliss-reactive ketones (excluding diaryl/α,β-unsaturated/α-hetero) is 1. The number of nitrogens with zero attached hydrogens (tertiary/aromatic N) is 5. The molecule has 1 aliphatic heterocycles. The monoisotopic (exact) mass is 447 g/mol. The average Bonchev–Trinajstić information content (AvgIpc) is 3.34. The third-order valence-electron chi connectivity index (χ3n) is 6.73. The SMILES string of the molecule is CC(=O)c1c(C)c2cnc(Nc3cnc(N4CCNCC4)cn3)cc2n(C2CCCC2)c1=O. The van der Waals surface area contributed by atoms with Crippen molar-refractivity contribution in [3.05, 3.63) is 46.1 Å². The highest BCUT2D eigenvalue weighted by molar-refractivity contribution is 6.00. The lowest BCUT2D eigenvalue weighted by Gasteiger charge is -2.28. The van der Waals surface area contributed by atoms with Crippen LogP contribution in [0.4, 0.5) is 17.5 Å². The topological polar surface area (TPSA) is 105 Å². The molecule has 3 aromatic heterocycles. The first-order valence-corrected chi connectivity index (χ1v) is 11.6. The maximum absolute atomic E-state index is 13.4. The van der Waals surface area contributed by atoms with E-state index in [2.05, 4.69) is 30.5 Å². The van der Waals surface area contributed by atoms with Gasteiger partial charge in [-0.05, 0) is 32.3 Å². The van der Waals surface area contributed by atoms with Crippen molar-refractivity contribution < 1.29 is 4.79 Å². The Hall–Kier alpha value is -3.33. The predicted octanol–water partition coefficient (Wildman–Crippen LogP) is 2.97. The molecule has 0 spiro atoms. The summed E-state index contributed by atoms with van der Waals surface area (Å²) in [6.45, 7) is 6.99. The fourth-order valence-corrected chi connectivity index (χ4v) is 5.04. The zero-order valence-electron chi connectivity index (χ0n) is 19.1. The van der Waals surface area contributed by atoms with Crippen LogP contribution in [0.5, 0.6) is 0 Å². The van der Waals surface area contributed by atoms with Gasteiger partial charge in [-0.2, -0.15) is 0 Å². The van der Waals surface area contributed by atoms with E-state index in [0.717, 1.165) is 68.6 Å². The van der Waals surface area contributed by atoms with E-state index in [0.29, 0.717) is 17.2 Å². The van der Waals surface area contributed by atoms with E-state index in [1.54, 1.807) is 18.6 Å². The first-order valence-electron chi connectivity index (χ1n) is 11.6. The van der Waals surface area contributed by atoms with Crippen molar-refractivity contribution in [1.29, 1.82) is 0 Å². The van der Waals surface area contributed by atoms with E-state index < -0.39 is 0 Å². The van der Waals surface area contributed by atoms with Crippen molar-refractivity contribution in [2.45, 2.75) is 45.6 Å². The van der Waals surface area contributed by atoms with Gasteiger partial charge in [-0.25, -0.2) is 15.0 Å². The number of aryl methyl sites for hydroxylation is 1. The van der Waals surface area contributed by atoms with Crippen LogP contribution < -0.4 is 21.1 Å². The summed E-state index contributed by atoms with van der Waals surface area (Å²) in [7, 11) is 0. The molecule has 0 aromatic carbocycles. The Morgan fingerprint density at radius 3 is 2.45 bits per heavy atom. The zero-order chi connectivity index (χ0) is 22.9. The molecular weight excluding hydrogens is 418 g/mol. The maximum atomic E-state index is 13.4. The summed E-state index contributed by atoms with van der Waals surface area (Å²) in [5.41, 5.74) is 1.57. The quantitative estimate of drug-likeness (QED) is 0.575. The van der Waals surface area contributed by atoms with Crippen LogP contribution in [0.1, 0.15) is 54.6 Å². The normalized spacial score (nSPS) is 17.0. The van der Waals surface area contributed by atoms with Gasteiger partial charge in [-0.1, -0.05) is 12.8 Å². The van der Waals surface area contributed by atoms with Crippen molar-refractivity contribution in [2.75, 3.05) is 36.4 Å². The number of fused-ring (bicyclic) bond motifs is 1. The molecule has 2 fully saturated rings. The number of aromatic nitrogens is 4. The van der Waals surface area contributed by atoms with Crippen LogP contribution >= 0.6 is 0 Å². The van der Waals surface area contributed by atoms with Gasteiger partial charge in [0.1, 0.15) is 17.5 Å². The molecule has 0 amide bonds. The molecule has 172 valence electrons. The summed E-state index contributed by atoms with van der Waals surface area (Å²) in [5.74, 6) is 1.84. The fourth-order valence-electron chi connectivity index (χ4n) is 5.04. The molecule has 9 heteroatoms. The van der Waals surface area contributed by atoms with E-state index >= 15 is 0 Å². The van der Waals surface area contributed by atoms with Crippen LogP contribution in [0.15, 0.2) is 29.5 Å². The highest BCUT2D eigenvalue weighted by atomic mass is 16.1. The van der Waals surface area contributed by atoms with E-state index in [1.807, 2.05) is 17.6 Å². The van der Waals surface area contributed by atoms with Crippen LogP contribution in [-0.4, -0.2) is 51.5 Å². The van der Waals surface area contributed by atoms with E-state index in [4.69, 9.17) is 0 Å². The molecule has 2 aliphatic rings. The summed E-state index contributed by atoms with van der Waals surface area (Å²) in [5, 5.41) is 7.39. The molecule has 1 aliphatic carbocycles. The number of rotatable bonds is 5. The molecule has 2 N–H and O–H groups in total. The minimum atomic E-state index is -0.201. The number of pyridine rings is 2. The highest BCUT2D eigenvalue weighted by Gasteiger charge is 2.25. The van der Waals surface area contributed by atoms with E-state index in [9.17, 15) is 9.59 Å². The average molecular weight is 448 g/mol. The van der Waals surface area contributed by atoms with Gasteiger partial charge in [0.15, 0.2) is 5.78 Å². The van der Waals surface area contributed by atoms with Crippen LogP contribution in [0, 0.1) is 6.92 Å². The number of anilines is 3. The summed E-state index contributed by atoms with van der Waals surface area (Å²) in [4.78, 5) is 41.5. The molecule has 9 nitrogen and oxygen atoms in total. The molecule has 0 bridgehead atoms. The molecule has 3 aromatic rings. The number of piperazine rings is 1. The molecule has 0 radical (unpaired) electrons. The lowest BCUT2D eigenvalue weighted by Crippen LogP contribution is -2.43. The van der Waals surface area contributed by atoms with E-state index in [-0.39, 0.29) is 22.9 Å². The lowest BCUT2D eigenvalue weighted by atomic mass is 10.0. The van der Waals surface area contributed by atoms with Crippen molar-refractivity contribution in [3.8, 4) is 0 Å². The van der Waals surface area contributed by atoms with Crippen molar-refractivity contribution in [3.63, 3.8) is 0 Å². The number of hydrogen-bond donors (Lipinski definition) is 2. The molecule has 0 unspecified atom stereocenters. The van der Waals surface area contributed by atoms with Gasteiger partial charge in [0.05, 0.1) is 23.5 Å². The van der Waals surface area contributed by atoms with Gasteiger partial charge < -0.3 is 20.1 Å². The smallest absolute Gasteiger partial charge is 0.262 e. The number of carbonyl (C=O) groups excluding carboxylic acids is 1. The predicted molar refractivity (Wildman–Crippen MR) is 129 cm³/mol. The summed E-state index contributed by atoms with van der Waals surface area (Å²) < 4.78 is 1.82. The Bertz CT molecular complexity index is 1240. The van der Waals surface area contributed by atoms with Gasteiger partial charge >= 0.3 is 0 Å². The molecule has 1 saturated carbocycles. The Labute approximate surface area is 192 Å². The van der Waals surface area contributed by atoms with Crippen LogP contribution in [0.25, 0.3) is 10.9 Å². The summed E-state index contributed by atoms with van der Waals surface area (Å²) >= 11 is 0. The Balaban J connectivity index is 1.51. The zero-order valence-corrected chi connectivity index (χ0v) is 19.1. The van der Waals surface area contributed by atoms with Gasteiger partial charge in [0.25, 0.3) is 5.56 Å². The van der Waals surface area contributed by atoms with Gasteiger partial charge in [-0.3, -0.25) is 9.59 Å². The van der Waals surface area contributed by atoms with Crippen molar-refractivity contribution in [2.24, 2.45) is 0 Å². The largest absolute Gasteiger partial charge is 0.353 e. The standard InChI is InChI=1S/C24H29N7O2/c1-15-18-12-26-20(29-21-13-28-22(14-27-21)30-9-7-25-8-10-30)11-19(18)31(17-5-3-4-6-17)24(33)23(15)16(2)32/h11-14,17,25H,3-10H2,1-2H3,(H,26,27,29). The Morgan fingerprint density at radius 2 is 1.79 bits per heavy atom. The van der Waals surface area contributed by atoms with Gasteiger partial charge in [0.2, 0.25) is 0 Å². The number of carbonyl (C=O) groups is 1. The Morgan fingerprint density at radius 1 is 1.06 bits per heavy atom. The van der Waals surface area contributed by atoms with Crippen LogP contribution in [0.2, 0.25) is 0 Å². The van der Waals surface area contributed by atoms with Crippen LogP contribution in [-0.2, 0) is 0 Å². The first kappa shape index (κ1) is 21.5. The number of hydrogen-bond acceptors (Lipinski definition) is 8. The van der Waals surface area contributed by atoms with Crippen molar-refractivity contribution in [1.82, 2.24) is 24.8 Å².